The quantitative estimate of drug-likeness (QED) is 0.227. The SMILES string of the molecule is C=C(C)C(=O)OCCCCCCCCCCCCC.C=CC(=O)OCCO. The Morgan fingerprint density at radius 3 is 1.74 bits per heavy atom. The lowest BCUT2D eigenvalue weighted by molar-refractivity contribution is -0.139. The van der Waals surface area contributed by atoms with E-state index in [1.807, 2.05) is 0 Å². The normalized spacial score (nSPS) is 9.74. The van der Waals surface area contributed by atoms with Crippen LogP contribution in [-0.2, 0) is 19.1 Å². The van der Waals surface area contributed by atoms with Gasteiger partial charge in [0.15, 0.2) is 0 Å². The number of hydrogen-bond acceptors (Lipinski definition) is 5. The molecule has 0 fully saturated rings. The molecular formula is C22H40O5. The maximum atomic E-state index is 11.1. The number of aliphatic hydroxyl groups excluding tert-OH is 1. The van der Waals surface area contributed by atoms with E-state index in [4.69, 9.17) is 9.84 Å². The van der Waals surface area contributed by atoms with E-state index in [2.05, 4.69) is 24.8 Å². The molecule has 0 aromatic heterocycles. The average Bonchev–Trinajstić information content (AvgIpc) is 2.67. The summed E-state index contributed by atoms with van der Waals surface area (Å²) < 4.78 is 9.38. The molecule has 0 spiro atoms. The molecule has 0 aromatic carbocycles. The van der Waals surface area contributed by atoms with E-state index in [1.165, 1.54) is 64.2 Å². The van der Waals surface area contributed by atoms with Crippen molar-refractivity contribution in [3.63, 3.8) is 0 Å². The maximum Gasteiger partial charge on any atom is 0.333 e. The molecule has 0 aliphatic rings. The summed E-state index contributed by atoms with van der Waals surface area (Å²) in [6.07, 6.45) is 15.5. The van der Waals surface area contributed by atoms with Gasteiger partial charge >= 0.3 is 11.9 Å². The second kappa shape index (κ2) is 22.4. The van der Waals surface area contributed by atoms with Crippen molar-refractivity contribution in [2.24, 2.45) is 0 Å². The van der Waals surface area contributed by atoms with Crippen molar-refractivity contribution >= 4 is 11.9 Å². The Kier molecular flexibility index (Phi) is 22.9. The van der Waals surface area contributed by atoms with Crippen LogP contribution >= 0.6 is 0 Å². The molecule has 0 aliphatic heterocycles. The van der Waals surface area contributed by atoms with Crippen LogP contribution in [0.2, 0.25) is 0 Å². The van der Waals surface area contributed by atoms with E-state index < -0.39 is 5.97 Å². The van der Waals surface area contributed by atoms with Crippen LogP contribution in [0.5, 0.6) is 0 Å². The zero-order chi connectivity index (χ0) is 20.8. The summed E-state index contributed by atoms with van der Waals surface area (Å²) in [6, 6.07) is 0. The first-order chi connectivity index (χ1) is 13.0. The fourth-order valence-electron chi connectivity index (χ4n) is 2.26. The molecule has 1 N–H and O–H groups in total. The van der Waals surface area contributed by atoms with E-state index in [0.717, 1.165) is 12.5 Å². The zero-order valence-corrected chi connectivity index (χ0v) is 17.5. The van der Waals surface area contributed by atoms with Gasteiger partial charge in [0.05, 0.1) is 13.2 Å². The standard InChI is InChI=1S/C17H32O2.C5H8O3/c1-4-5-6-7-8-9-10-11-12-13-14-15-19-17(18)16(2)3;1-2-5(7)8-4-3-6/h2,4-15H2,1,3H3;2,6H,1,3-4H2. The number of carbonyl (C=O) groups excluding carboxylic acids is 2. The van der Waals surface area contributed by atoms with E-state index in [1.54, 1.807) is 6.92 Å². The van der Waals surface area contributed by atoms with E-state index in [9.17, 15) is 9.59 Å². The molecule has 0 radical (unpaired) electrons. The third-order valence-corrected chi connectivity index (χ3v) is 3.83. The number of hydrogen-bond donors (Lipinski definition) is 1. The van der Waals surface area contributed by atoms with Crippen molar-refractivity contribution in [1.82, 2.24) is 0 Å². The number of rotatable bonds is 16. The highest BCUT2D eigenvalue weighted by Gasteiger charge is 2.01. The lowest BCUT2D eigenvalue weighted by atomic mass is 10.1. The largest absolute Gasteiger partial charge is 0.462 e. The fraction of sp³-hybridized carbons (Fsp3) is 0.727. The molecule has 5 heteroatoms. The van der Waals surface area contributed by atoms with Gasteiger partial charge in [-0.3, -0.25) is 0 Å². The molecule has 0 amide bonds. The van der Waals surface area contributed by atoms with Crippen molar-refractivity contribution in [2.45, 2.75) is 84.5 Å². The molecule has 0 saturated carbocycles. The van der Waals surface area contributed by atoms with Crippen LogP contribution in [0.3, 0.4) is 0 Å². The van der Waals surface area contributed by atoms with Gasteiger partial charge in [0.1, 0.15) is 6.61 Å². The van der Waals surface area contributed by atoms with Crippen molar-refractivity contribution in [3.8, 4) is 0 Å². The Morgan fingerprint density at radius 2 is 1.33 bits per heavy atom. The molecule has 0 atom stereocenters. The van der Waals surface area contributed by atoms with Crippen LogP contribution < -0.4 is 0 Å². The number of ether oxygens (including phenoxy) is 2. The van der Waals surface area contributed by atoms with Gasteiger partial charge in [0.25, 0.3) is 0 Å². The van der Waals surface area contributed by atoms with Crippen molar-refractivity contribution in [2.75, 3.05) is 19.8 Å². The van der Waals surface area contributed by atoms with Crippen LogP contribution in [0.25, 0.3) is 0 Å². The summed E-state index contributed by atoms with van der Waals surface area (Å²) in [5.41, 5.74) is 0.489. The van der Waals surface area contributed by atoms with Crippen molar-refractivity contribution < 1.29 is 24.2 Å². The molecule has 0 aromatic rings. The van der Waals surface area contributed by atoms with Gasteiger partial charge in [-0.05, 0) is 13.3 Å². The summed E-state index contributed by atoms with van der Waals surface area (Å²) in [5.74, 6) is -0.758. The highest BCUT2D eigenvalue weighted by atomic mass is 16.5. The second-order valence-electron chi connectivity index (χ2n) is 6.55. The second-order valence-corrected chi connectivity index (χ2v) is 6.55. The fourth-order valence-corrected chi connectivity index (χ4v) is 2.26. The first kappa shape index (κ1) is 27.6. The molecule has 0 aliphatic carbocycles. The minimum absolute atomic E-state index is 0.0465. The molecule has 0 saturated heterocycles. The number of esters is 2. The maximum absolute atomic E-state index is 11.1. The Bertz CT molecular complexity index is 390. The van der Waals surface area contributed by atoms with Gasteiger partial charge in [-0.15, -0.1) is 0 Å². The van der Waals surface area contributed by atoms with Crippen LogP contribution in [0.1, 0.15) is 84.5 Å². The molecular weight excluding hydrogens is 344 g/mol. The smallest absolute Gasteiger partial charge is 0.333 e. The molecule has 0 heterocycles. The van der Waals surface area contributed by atoms with Crippen molar-refractivity contribution in [1.29, 1.82) is 0 Å². The van der Waals surface area contributed by atoms with Crippen molar-refractivity contribution in [3.05, 3.63) is 24.8 Å². The van der Waals surface area contributed by atoms with Gasteiger partial charge in [0, 0.05) is 11.6 Å². The molecule has 0 unspecified atom stereocenters. The minimum Gasteiger partial charge on any atom is -0.462 e. The Balaban J connectivity index is 0. The van der Waals surface area contributed by atoms with Crippen LogP contribution in [0.4, 0.5) is 0 Å². The molecule has 158 valence electrons. The van der Waals surface area contributed by atoms with Gasteiger partial charge in [-0.1, -0.05) is 84.3 Å². The van der Waals surface area contributed by atoms with Crippen LogP contribution in [0, 0.1) is 0 Å². The first-order valence-electron chi connectivity index (χ1n) is 10.2. The Morgan fingerprint density at radius 1 is 0.852 bits per heavy atom. The van der Waals surface area contributed by atoms with E-state index >= 15 is 0 Å². The summed E-state index contributed by atoms with van der Waals surface area (Å²) in [6.45, 7) is 11.1. The topological polar surface area (TPSA) is 72.8 Å². The summed E-state index contributed by atoms with van der Waals surface area (Å²) in [4.78, 5) is 21.2. The number of unbranched alkanes of at least 4 members (excludes halogenated alkanes) is 10. The highest BCUT2D eigenvalue weighted by Crippen LogP contribution is 2.11. The first-order valence-corrected chi connectivity index (χ1v) is 10.2. The van der Waals surface area contributed by atoms with Crippen LogP contribution in [-0.4, -0.2) is 36.9 Å². The molecule has 0 bridgehead atoms. The minimum atomic E-state index is -0.501. The molecule has 27 heavy (non-hydrogen) atoms. The molecule has 5 nitrogen and oxygen atoms in total. The summed E-state index contributed by atoms with van der Waals surface area (Å²) in [5, 5.41) is 8.10. The van der Waals surface area contributed by atoms with Gasteiger partial charge < -0.3 is 14.6 Å². The summed E-state index contributed by atoms with van der Waals surface area (Å²) in [7, 11) is 0. The number of carbonyl (C=O) groups is 2. The van der Waals surface area contributed by atoms with Gasteiger partial charge in [0.2, 0.25) is 0 Å². The highest BCUT2D eigenvalue weighted by molar-refractivity contribution is 5.86. The third-order valence-electron chi connectivity index (χ3n) is 3.83. The predicted octanol–water partition coefficient (Wildman–Crippen LogP) is 5.12. The van der Waals surface area contributed by atoms with Gasteiger partial charge in [-0.25, -0.2) is 9.59 Å². The Hall–Kier alpha value is -1.62. The van der Waals surface area contributed by atoms with E-state index in [0.29, 0.717) is 12.2 Å². The number of aliphatic hydroxyl groups is 1. The monoisotopic (exact) mass is 384 g/mol. The Labute approximate surface area is 165 Å². The van der Waals surface area contributed by atoms with E-state index in [-0.39, 0.29) is 19.2 Å². The lowest BCUT2D eigenvalue weighted by Crippen LogP contribution is -2.05. The van der Waals surface area contributed by atoms with Gasteiger partial charge in [-0.2, -0.15) is 0 Å². The predicted molar refractivity (Wildman–Crippen MR) is 110 cm³/mol. The summed E-state index contributed by atoms with van der Waals surface area (Å²) >= 11 is 0. The zero-order valence-electron chi connectivity index (χ0n) is 17.5. The van der Waals surface area contributed by atoms with Crippen LogP contribution in [0.15, 0.2) is 24.8 Å². The third kappa shape index (κ3) is 24.4. The lowest BCUT2D eigenvalue weighted by Gasteiger charge is -2.04. The molecule has 0 rings (SSSR count). The average molecular weight is 385 g/mol.